The highest BCUT2D eigenvalue weighted by Gasteiger charge is 2.06. The number of hydrogen-bond donors (Lipinski definition) is 2. The van der Waals surface area contributed by atoms with Crippen LogP contribution in [0.25, 0.3) is 0 Å². The van der Waals surface area contributed by atoms with Crippen molar-refractivity contribution >= 4 is 11.6 Å². The molecular weight excluding hydrogens is 221 g/mol. The van der Waals surface area contributed by atoms with Crippen LogP contribution < -0.4 is 5.32 Å². The van der Waals surface area contributed by atoms with E-state index in [1.807, 2.05) is 0 Å². The molecule has 0 aliphatic carbocycles. The van der Waals surface area contributed by atoms with E-state index in [1.54, 1.807) is 26.0 Å². The number of halogens is 1. The van der Waals surface area contributed by atoms with Crippen LogP contribution in [0.4, 0.5) is 16.0 Å². The fraction of sp³-hybridized carbons (Fsp3) is 0.167. The van der Waals surface area contributed by atoms with E-state index in [0.29, 0.717) is 16.9 Å². The fourth-order valence-corrected chi connectivity index (χ4v) is 1.33. The van der Waals surface area contributed by atoms with Gasteiger partial charge in [-0.25, -0.2) is 9.37 Å². The molecule has 4 nitrogen and oxygen atoms in total. The summed E-state index contributed by atoms with van der Waals surface area (Å²) in [4.78, 5) is 8.07. The van der Waals surface area contributed by atoms with Crippen LogP contribution in [0.3, 0.4) is 0 Å². The number of nitrogens with zero attached hydrogens (tertiary/aromatic N) is 2. The van der Waals surface area contributed by atoms with Gasteiger partial charge in [-0.15, -0.1) is 0 Å². The van der Waals surface area contributed by atoms with Crippen molar-refractivity contribution < 1.29 is 9.50 Å². The highest BCUT2D eigenvalue weighted by atomic mass is 19.1. The Kier molecular flexibility index (Phi) is 2.91. The summed E-state index contributed by atoms with van der Waals surface area (Å²) < 4.78 is 12.7. The molecule has 17 heavy (non-hydrogen) atoms. The second-order valence-electron chi connectivity index (χ2n) is 3.71. The van der Waals surface area contributed by atoms with Gasteiger partial charge in [-0.3, -0.25) is 0 Å². The first-order chi connectivity index (χ1) is 8.06. The van der Waals surface area contributed by atoms with Crippen LogP contribution in [0.15, 0.2) is 24.3 Å². The Bertz CT molecular complexity index is 517. The van der Waals surface area contributed by atoms with E-state index in [9.17, 15) is 9.50 Å². The third-order valence-electron chi connectivity index (χ3n) is 2.46. The maximum Gasteiger partial charge on any atom is 0.230 e. The number of hydrogen-bond acceptors (Lipinski definition) is 4. The topological polar surface area (TPSA) is 58.0 Å². The molecule has 5 heteroatoms. The molecule has 0 amide bonds. The first kappa shape index (κ1) is 11.3. The molecule has 2 rings (SSSR count). The van der Waals surface area contributed by atoms with Gasteiger partial charge in [-0.1, -0.05) is 0 Å². The number of rotatable bonds is 2. The maximum absolute atomic E-state index is 12.7. The minimum Gasteiger partial charge on any atom is -0.493 e. The largest absolute Gasteiger partial charge is 0.493 e. The molecule has 88 valence electrons. The van der Waals surface area contributed by atoms with Gasteiger partial charge in [0.1, 0.15) is 5.82 Å². The number of anilines is 2. The van der Waals surface area contributed by atoms with Crippen LogP contribution in [-0.2, 0) is 0 Å². The molecule has 0 unspecified atom stereocenters. The summed E-state index contributed by atoms with van der Waals surface area (Å²) in [6.07, 6.45) is 0. The van der Waals surface area contributed by atoms with Gasteiger partial charge in [0.05, 0.1) is 0 Å². The molecule has 0 aliphatic rings. The lowest BCUT2D eigenvalue weighted by molar-refractivity contribution is 0.447. The predicted molar refractivity (Wildman–Crippen MR) is 62.9 cm³/mol. The molecule has 0 spiro atoms. The third-order valence-corrected chi connectivity index (χ3v) is 2.46. The average Bonchev–Trinajstić information content (AvgIpc) is 2.29. The van der Waals surface area contributed by atoms with Crippen molar-refractivity contribution in [2.24, 2.45) is 0 Å². The lowest BCUT2D eigenvalue weighted by atomic mass is 10.2. The summed E-state index contributed by atoms with van der Waals surface area (Å²) in [5, 5.41) is 12.4. The fourth-order valence-electron chi connectivity index (χ4n) is 1.33. The number of aromatic nitrogens is 2. The summed E-state index contributed by atoms with van der Waals surface area (Å²) in [5.74, 6) is -0.0706. The summed E-state index contributed by atoms with van der Waals surface area (Å²) in [6.45, 7) is 3.53. The lowest BCUT2D eigenvalue weighted by Crippen LogP contribution is -2.00. The second-order valence-corrected chi connectivity index (χ2v) is 3.71. The highest BCUT2D eigenvalue weighted by Crippen LogP contribution is 2.20. The van der Waals surface area contributed by atoms with Crippen LogP contribution in [0, 0.1) is 19.7 Å². The molecular formula is C12H12FN3O. The van der Waals surface area contributed by atoms with Gasteiger partial charge in [0, 0.05) is 16.9 Å². The molecule has 0 saturated carbocycles. The van der Waals surface area contributed by atoms with E-state index in [4.69, 9.17) is 0 Å². The minimum absolute atomic E-state index is 0.0536. The molecule has 0 atom stereocenters. The van der Waals surface area contributed by atoms with Crippen molar-refractivity contribution in [1.82, 2.24) is 9.97 Å². The van der Waals surface area contributed by atoms with Crippen LogP contribution >= 0.6 is 0 Å². The Hall–Kier alpha value is -2.17. The second kappa shape index (κ2) is 4.37. The number of nitrogens with one attached hydrogen (secondary N) is 1. The van der Waals surface area contributed by atoms with Crippen molar-refractivity contribution in [3.05, 3.63) is 41.3 Å². The van der Waals surface area contributed by atoms with E-state index >= 15 is 0 Å². The summed E-state index contributed by atoms with van der Waals surface area (Å²) in [6, 6.07) is 5.82. The van der Waals surface area contributed by atoms with E-state index in [2.05, 4.69) is 15.3 Å². The zero-order chi connectivity index (χ0) is 12.4. The molecule has 2 N–H and O–H groups in total. The zero-order valence-corrected chi connectivity index (χ0v) is 9.53. The third kappa shape index (κ3) is 2.50. The van der Waals surface area contributed by atoms with Gasteiger partial charge in [0.25, 0.3) is 0 Å². The number of aryl methyl sites for hydroxylation is 1. The Morgan fingerprint density at radius 3 is 2.35 bits per heavy atom. The first-order valence-corrected chi connectivity index (χ1v) is 5.13. The van der Waals surface area contributed by atoms with Crippen LogP contribution in [0.1, 0.15) is 11.3 Å². The first-order valence-electron chi connectivity index (χ1n) is 5.13. The van der Waals surface area contributed by atoms with Gasteiger partial charge >= 0.3 is 0 Å². The van der Waals surface area contributed by atoms with Crippen LogP contribution in [0.5, 0.6) is 5.88 Å². The van der Waals surface area contributed by atoms with Crippen LogP contribution in [-0.4, -0.2) is 15.1 Å². The molecule has 0 aliphatic heterocycles. The maximum atomic E-state index is 12.7. The molecule has 1 aromatic carbocycles. The van der Waals surface area contributed by atoms with Crippen molar-refractivity contribution in [3.63, 3.8) is 0 Å². The summed E-state index contributed by atoms with van der Waals surface area (Å²) >= 11 is 0. The van der Waals surface area contributed by atoms with Gasteiger partial charge in [0.2, 0.25) is 11.8 Å². The highest BCUT2D eigenvalue weighted by molar-refractivity contribution is 5.53. The molecule has 1 aromatic heterocycles. The van der Waals surface area contributed by atoms with Crippen molar-refractivity contribution in [2.45, 2.75) is 13.8 Å². The summed E-state index contributed by atoms with van der Waals surface area (Å²) in [5.41, 5.74) is 2.01. The molecule has 0 fully saturated rings. The Morgan fingerprint density at radius 1 is 1.12 bits per heavy atom. The normalized spacial score (nSPS) is 10.3. The molecule has 2 aromatic rings. The Balaban J connectivity index is 2.27. The number of benzene rings is 1. The Morgan fingerprint density at radius 2 is 1.76 bits per heavy atom. The van der Waals surface area contributed by atoms with Crippen molar-refractivity contribution in [3.8, 4) is 5.88 Å². The minimum atomic E-state index is -0.306. The zero-order valence-electron chi connectivity index (χ0n) is 9.53. The quantitative estimate of drug-likeness (QED) is 0.837. The number of aromatic hydroxyl groups is 1. The smallest absolute Gasteiger partial charge is 0.230 e. The average molecular weight is 233 g/mol. The van der Waals surface area contributed by atoms with Gasteiger partial charge < -0.3 is 10.4 Å². The van der Waals surface area contributed by atoms with E-state index in [1.165, 1.54) is 12.1 Å². The van der Waals surface area contributed by atoms with Gasteiger partial charge in [0.15, 0.2) is 0 Å². The predicted octanol–water partition coefficient (Wildman–Crippen LogP) is 2.68. The standard InChI is InChI=1S/C12H12FN3O/c1-7-8(2)14-12(16-11(7)17)15-10-5-3-9(13)4-6-10/h3-6H,1-2H3,(H2,14,15,16,17). The molecule has 0 bridgehead atoms. The van der Waals surface area contributed by atoms with E-state index in [0.717, 1.165) is 0 Å². The molecule has 0 radical (unpaired) electrons. The van der Waals surface area contributed by atoms with E-state index in [-0.39, 0.29) is 17.6 Å². The van der Waals surface area contributed by atoms with Crippen LogP contribution in [0.2, 0.25) is 0 Å². The van der Waals surface area contributed by atoms with Gasteiger partial charge in [-0.2, -0.15) is 4.98 Å². The summed E-state index contributed by atoms with van der Waals surface area (Å²) in [7, 11) is 0. The molecule has 1 heterocycles. The lowest BCUT2D eigenvalue weighted by Gasteiger charge is -2.07. The van der Waals surface area contributed by atoms with Crippen molar-refractivity contribution in [2.75, 3.05) is 5.32 Å². The monoisotopic (exact) mass is 233 g/mol. The Labute approximate surface area is 98.2 Å². The van der Waals surface area contributed by atoms with Gasteiger partial charge in [-0.05, 0) is 38.1 Å². The van der Waals surface area contributed by atoms with E-state index < -0.39 is 0 Å². The SMILES string of the molecule is Cc1nc(Nc2ccc(F)cc2)nc(O)c1C. The molecule has 0 saturated heterocycles. The van der Waals surface area contributed by atoms with Crippen molar-refractivity contribution in [1.29, 1.82) is 0 Å².